The van der Waals surface area contributed by atoms with Crippen LogP contribution in [0.5, 0.6) is 0 Å². The summed E-state index contributed by atoms with van der Waals surface area (Å²) in [7, 11) is 3.38. The summed E-state index contributed by atoms with van der Waals surface area (Å²) in [6.07, 6.45) is 0. The molecule has 2 aromatic carbocycles. The highest BCUT2D eigenvalue weighted by Crippen LogP contribution is 2.13. The summed E-state index contributed by atoms with van der Waals surface area (Å²) in [6, 6.07) is 13.7. The Labute approximate surface area is 171 Å². The van der Waals surface area contributed by atoms with Gasteiger partial charge in [0.25, 0.3) is 11.8 Å². The third-order valence-electron chi connectivity index (χ3n) is 3.91. The Hall–Kier alpha value is -3.35. The summed E-state index contributed by atoms with van der Waals surface area (Å²) in [6.45, 7) is 5.85. The average Bonchev–Trinajstić information content (AvgIpc) is 2.65. The smallest absolute Gasteiger partial charge is 0.253 e. The van der Waals surface area contributed by atoms with Crippen molar-refractivity contribution < 1.29 is 14.4 Å². The van der Waals surface area contributed by atoms with Crippen molar-refractivity contribution in [3.05, 3.63) is 59.7 Å². The van der Waals surface area contributed by atoms with E-state index in [-0.39, 0.29) is 29.8 Å². The maximum Gasteiger partial charge on any atom is 0.253 e. The number of nitrogens with zero attached hydrogens (tertiary/aromatic N) is 1. The maximum atomic E-state index is 12.1. The van der Waals surface area contributed by atoms with Gasteiger partial charge < -0.3 is 20.9 Å². The third kappa shape index (κ3) is 6.95. The molecule has 0 fully saturated rings. The Bertz CT molecular complexity index is 866. The predicted molar refractivity (Wildman–Crippen MR) is 115 cm³/mol. The molecule has 29 heavy (non-hydrogen) atoms. The van der Waals surface area contributed by atoms with E-state index in [0.29, 0.717) is 16.8 Å². The highest BCUT2D eigenvalue weighted by Gasteiger charge is 2.15. The summed E-state index contributed by atoms with van der Waals surface area (Å²) in [5.74, 6) is -0.451. The molecule has 0 unspecified atom stereocenters. The minimum Gasteiger partial charge on any atom is -0.376 e. The van der Waals surface area contributed by atoms with Gasteiger partial charge in [0.15, 0.2) is 0 Å². The van der Waals surface area contributed by atoms with Gasteiger partial charge in [0.2, 0.25) is 5.91 Å². The lowest BCUT2D eigenvalue weighted by molar-refractivity contribution is -0.114. The second kappa shape index (κ2) is 9.23. The van der Waals surface area contributed by atoms with Gasteiger partial charge in [0.05, 0.1) is 6.54 Å². The van der Waals surface area contributed by atoms with Crippen molar-refractivity contribution in [2.75, 3.05) is 31.3 Å². The fourth-order valence-electron chi connectivity index (χ4n) is 2.49. The van der Waals surface area contributed by atoms with E-state index in [1.807, 2.05) is 20.8 Å². The van der Waals surface area contributed by atoms with Crippen molar-refractivity contribution >= 4 is 29.1 Å². The molecular weight excluding hydrogens is 368 g/mol. The summed E-state index contributed by atoms with van der Waals surface area (Å²) >= 11 is 0. The van der Waals surface area contributed by atoms with E-state index in [9.17, 15) is 14.4 Å². The molecule has 7 heteroatoms. The van der Waals surface area contributed by atoms with Gasteiger partial charge in [-0.15, -0.1) is 0 Å². The normalized spacial score (nSPS) is 10.8. The zero-order valence-electron chi connectivity index (χ0n) is 17.5. The van der Waals surface area contributed by atoms with Gasteiger partial charge in [-0.1, -0.05) is 0 Å². The Kier molecular flexibility index (Phi) is 6.98. The van der Waals surface area contributed by atoms with E-state index in [1.54, 1.807) is 62.6 Å². The molecule has 3 N–H and O–H groups in total. The van der Waals surface area contributed by atoms with Gasteiger partial charge in [-0.2, -0.15) is 0 Å². The molecule has 0 aliphatic rings. The van der Waals surface area contributed by atoms with Crippen LogP contribution in [0.4, 0.5) is 11.4 Å². The zero-order valence-corrected chi connectivity index (χ0v) is 17.5. The number of hydrogen-bond donors (Lipinski definition) is 3. The number of rotatable bonds is 6. The molecule has 0 heterocycles. The van der Waals surface area contributed by atoms with Crippen molar-refractivity contribution in [2.24, 2.45) is 0 Å². The van der Waals surface area contributed by atoms with Crippen molar-refractivity contribution in [1.29, 1.82) is 0 Å². The van der Waals surface area contributed by atoms with E-state index in [2.05, 4.69) is 16.0 Å². The molecule has 0 saturated heterocycles. The van der Waals surface area contributed by atoms with Crippen molar-refractivity contribution in [3.8, 4) is 0 Å². The van der Waals surface area contributed by atoms with Gasteiger partial charge in [0.1, 0.15) is 0 Å². The molecule has 2 aromatic rings. The quantitative estimate of drug-likeness (QED) is 0.700. The largest absolute Gasteiger partial charge is 0.376 e. The Morgan fingerprint density at radius 2 is 1.34 bits per heavy atom. The van der Waals surface area contributed by atoms with Gasteiger partial charge in [0, 0.05) is 42.1 Å². The first kappa shape index (κ1) is 21.9. The second-order valence-corrected chi connectivity index (χ2v) is 7.96. The minimum absolute atomic E-state index is 0.0753. The summed E-state index contributed by atoms with van der Waals surface area (Å²) in [4.78, 5) is 37.6. The van der Waals surface area contributed by atoms with E-state index >= 15 is 0 Å². The fourth-order valence-corrected chi connectivity index (χ4v) is 2.49. The van der Waals surface area contributed by atoms with Crippen LogP contribution in [0.1, 0.15) is 41.5 Å². The number of carbonyl (C=O) groups excluding carboxylic acids is 3. The Balaban J connectivity index is 1.86. The first-order chi connectivity index (χ1) is 13.5. The van der Waals surface area contributed by atoms with Gasteiger partial charge >= 0.3 is 0 Å². The van der Waals surface area contributed by atoms with Crippen LogP contribution < -0.4 is 16.0 Å². The molecule has 154 valence electrons. The van der Waals surface area contributed by atoms with Crippen LogP contribution in [-0.2, 0) is 4.79 Å². The number of benzene rings is 2. The van der Waals surface area contributed by atoms with Crippen molar-refractivity contribution in [3.63, 3.8) is 0 Å². The summed E-state index contributed by atoms with van der Waals surface area (Å²) in [5.41, 5.74) is 2.16. The highest BCUT2D eigenvalue weighted by atomic mass is 16.2. The molecule has 3 amide bonds. The summed E-state index contributed by atoms with van der Waals surface area (Å²) < 4.78 is 0. The van der Waals surface area contributed by atoms with E-state index < -0.39 is 0 Å². The van der Waals surface area contributed by atoms with E-state index in [1.165, 1.54) is 4.90 Å². The summed E-state index contributed by atoms with van der Waals surface area (Å²) in [5, 5.41) is 8.69. The van der Waals surface area contributed by atoms with Crippen LogP contribution in [-0.4, -0.2) is 48.8 Å². The van der Waals surface area contributed by atoms with Gasteiger partial charge in [-0.05, 0) is 69.3 Å². The van der Waals surface area contributed by atoms with E-state index in [4.69, 9.17) is 0 Å². The predicted octanol–water partition coefficient (Wildman–Crippen LogP) is 2.97. The molecular formula is C22H28N4O3. The Morgan fingerprint density at radius 1 is 0.828 bits per heavy atom. The monoisotopic (exact) mass is 396 g/mol. The fraction of sp³-hybridized carbons (Fsp3) is 0.318. The van der Waals surface area contributed by atoms with Crippen LogP contribution in [0.15, 0.2) is 48.5 Å². The second-order valence-electron chi connectivity index (χ2n) is 7.96. The molecule has 0 aromatic heterocycles. The van der Waals surface area contributed by atoms with Crippen LogP contribution in [0.25, 0.3) is 0 Å². The topological polar surface area (TPSA) is 90.5 Å². The third-order valence-corrected chi connectivity index (χ3v) is 3.91. The van der Waals surface area contributed by atoms with Crippen LogP contribution in [0.3, 0.4) is 0 Å². The lowest BCUT2D eigenvalue weighted by Gasteiger charge is -2.20. The standard InChI is InChI=1S/C22H28N4O3/c1-22(2,3)25-20(28)15-6-10-17(11-7-15)23-14-19(27)24-18-12-8-16(9-13-18)21(29)26(4)5/h6-13,23H,14H2,1-5H3,(H,24,27)(H,25,28). The van der Waals surface area contributed by atoms with Crippen molar-refractivity contribution in [1.82, 2.24) is 10.2 Å². The SMILES string of the molecule is CN(C)C(=O)c1ccc(NC(=O)CNc2ccc(C(=O)NC(C)(C)C)cc2)cc1. The zero-order chi connectivity index (χ0) is 21.6. The number of nitrogens with one attached hydrogen (secondary N) is 3. The van der Waals surface area contributed by atoms with Gasteiger partial charge in [-0.3, -0.25) is 14.4 Å². The highest BCUT2D eigenvalue weighted by molar-refractivity contribution is 5.97. The molecule has 7 nitrogen and oxygen atoms in total. The van der Waals surface area contributed by atoms with Crippen LogP contribution in [0, 0.1) is 0 Å². The molecule has 2 rings (SSSR count). The molecule has 0 aliphatic heterocycles. The number of hydrogen-bond acceptors (Lipinski definition) is 4. The number of amides is 3. The first-order valence-corrected chi connectivity index (χ1v) is 9.33. The molecule has 0 saturated carbocycles. The number of anilines is 2. The van der Waals surface area contributed by atoms with Crippen molar-refractivity contribution in [2.45, 2.75) is 26.3 Å². The first-order valence-electron chi connectivity index (χ1n) is 9.33. The molecule has 0 spiro atoms. The lowest BCUT2D eigenvalue weighted by atomic mass is 10.1. The number of carbonyl (C=O) groups is 3. The minimum atomic E-state index is -0.302. The van der Waals surface area contributed by atoms with Gasteiger partial charge in [-0.25, -0.2) is 0 Å². The average molecular weight is 396 g/mol. The molecule has 0 atom stereocenters. The Morgan fingerprint density at radius 3 is 1.86 bits per heavy atom. The van der Waals surface area contributed by atoms with Crippen LogP contribution in [0.2, 0.25) is 0 Å². The molecule has 0 radical (unpaired) electrons. The molecule has 0 aliphatic carbocycles. The maximum absolute atomic E-state index is 12.1. The van der Waals surface area contributed by atoms with Crippen LogP contribution >= 0.6 is 0 Å². The molecule has 0 bridgehead atoms. The van der Waals surface area contributed by atoms with E-state index in [0.717, 1.165) is 5.69 Å². The lowest BCUT2D eigenvalue weighted by Crippen LogP contribution is -2.40.